The van der Waals surface area contributed by atoms with Crippen LogP contribution in [-0.2, 0) is 6.54 Å². The Hall–Kier alpha value is -3.28. The average Bonchev–Trinajstić information content (AvgIpc) is 3.09. The van der Waals surface area contributed by atoms with Gasteiger partial charge in [-0.3, -0.25) is 4.79 Å². The molecule has 6 nitrogen and oxygen atoms in total. The van der Waals surface area contributed by atoms with E-state index in [0.29, 0.717) is 29.6 Å². The van der Waals surface area contributed by atoms with Crippen LogP contribution in [0, 0.1) is 0 Å². The summed E-state index contributed by atoms with van der Waals surface area (Å²) in [6.45, 7) is 1.43. The molecule has 25 heavy (non-hydrogen) atoms. The summed E-state index contributed by atoms with van der Waals surface area (Å²) in [5.41, 5.74) is 1.03. The summed E-state index contributed by atoms with van der Waals surface area (Å²) in [5, 5.41) is 7.11. The molecule has 0 aliphatic carbocycles. The van der Waals surface area contributed by atoms with Gasteiger partial charge in [0.25, 0.3) is 5.91 Å². The first kappa shape index (κ1) is 15.3. The molecule has 1 aliphatic rings. The minimum Gasteiger partial charge on any atom is -0.478 e. The van der Waals surface area contributed by atoms with Crippen LogP contribution in [0.2, 0.25) is 0 Å². The highest BCUT2D eigenvalue weighted by Crippen LogP contribution is 2.23. The van der Waals surface area contributed by atoms with Crippen molar-refractivity contribution < 1.29 is 14.3 Å². The molecule has 0 unspecified atom stereocenters. The molecule has 2 heterocycles. The number of hydrogen-bond acceptors (Lipinski definition) is 4. The number of nitrogens with one attached hydrogen (secondary N) is 1. The molecular formula is C19H17N3O3. The lowest BCUT2D eigenvalue weighted by atomic mass is 10.3. The lowest BCUT2D eigenvalue weighted by Crippen LogP contribution is -2.16. The molecule has 4 rings (SSSR count). The summed E-state index contributed by atoms with van der Waals surface area (Å²) < 4.78 is 12.9. The average molecular weight is 335 g/mol. The van der Waals surface area contributed by atoms with E-state index in [0.717, 1.165) is 18.7 Å². The maximum absolute atomic E-state index is 12.3. The largest absolute Gasteiger partial charge is 0.478 e. The molecule has 0 saturated carbocycles. The second-order valence-electron chi connectivity index (χ2n) is 5.69. The first-order valence-corrected chi connectivity index (χ1v) is 8.13. The van der Waals surface area contributed by atoms with Gasteiger partial charge in [0.15, 0.2) is 5.69 Å². The molecule has 0 radical (unpaired) electrons. The van der Waals surface area contributed by atoms with E-state index in [2.05, 4.69) is 10.4 Å². The van der Waals surface area contributed by atoms with Gasteiger partial charge in [-0.2, -0.15) is 5.10 Å². The van der Waals surface area contributed by atoms with Gasteiger partial charge in [0, 0.05) is 24.7 Å². The van der Waals surface area contributed by atoms with Gasteiger partial charge in [0.05, 0.1) is 6.61 Å². The number of anilines is 1. The predicted octanol–water partition coefficient (Wildman–Crippen LogP) is 3.71. The van der Waals surface area contributed by atoms with Gasteiger partial charge in [0.2, 0.25) is 5.88 Å². The van der Waals surface area contributed by atoms with E-state index in [1.54, 1.807) is 22.9 Å². The Labute approximate surface area is 145 Å². The first-order valence-electron chi connectivity index (χ1n) is 8.13. The topological polar surface area (TPSA) is 65.4 Å². The lowest BCUT2D eigenvalue weighted by Gasteiger charge is -2.13. The number of ether oxygens (including phenoxy) is 2. The van der Waals surface area contributed by atoms with Crippen LogP contribution in [0.4, 0.5) is 5.69 Å². The van der Waals surface area contributed by atoms with Crippen molar-refractivity contribution >= 4 is 11.6 Å². The van der Waals surface area contributed by atoms with Crippen LogP contribution >= 0.6 is 0 Å². The maximum Gasteiger partial charge on any atom is 0.276 e. The highest BCUT2D eigenvalue weighted by Gasteiger charge is 2.17. The zero-order chi connectivity index (χ0) is 17.1. The quantitative estimate of drug-likeness (QED) is 0.789. The fourth-order valence-electron chi connectivity index (χ4n) is 2.60. The first-order chi connectivity index (χ1) is 12.3. The van der Waals surface area contributed by atoms with E-state index < -0.39 is 0 Å². The van der Waals surface area contributed by atoms with Crippen molar-refractivity contribution in [3.63, 3.8) is 0 Å². The predicted molar refractivity (Wildman–Crippen MR) is 93.3 cm³/mol. The molecule has 0 bridgehead atoms. The third-order valence-electron chi connectivity index (χ3n) is 3.83. The summed E-state index contributed by atoms with van der Waals surface area (Å²) in [5.74, 6) is 1.85. The number of hydrogen-bond donors (Lipinski definition) is 1. The van der Waals surface area contributed by atoms with E-state index >= 15 is 0 Å². The van der Waals surface area contributed by atoms with Gasteiger partial charge >= 0.3 is 0 Å². The number of carbonyl (C=O) groups excluding carboxylic acids is 1. The van der Waals surface area contributed by atoms with Crippen molar-refractivity contribution in [2.24, 2.45) is 0 Å². The molecule has 2 aromatic carbocycles. The summed E-state index contributed by atoms with van der Waals surface area (Å²) in [4.78, 5) is 12.3. The normalized spacial score (nSPS) is 12.8. The Bertz CT molecular complexity index is 849. The van der Waals surface area contributed by atoms with Crippen molar-refractivity contribution in [3.05, 3.63) is 66.4 Å². The second kappa shape index (κ2) is 6.68. The Kier molecular flexibility index (Phi) is 4.08. The minimum absolute atomic E-state index is 0.262. The molecule has 0 saturated heterocycles. The number of amides is 1. The van der Waals surface area contributed by atoms with Gasteiger partial charge in [-0.05, 0) is 36.4 Å². The number of rotatable bonds is 4. The van der Waals surface area contributed by atoms with Crippen molar-refractivity contribution in [1.29, 1.82) is 0 Å². The number of carbonyl (C=O) groups is 1. The van der Waals surface area contributed by atoms with Crippen LogP contribution in [0.1, 0.15) is 16.9 Å². The maximum atomic E-state index is 12.3. The third-order valence-corrected chi connectivity index (χ3v) is 3.83. The number of benzene rings is 2. The van der Waals surface area contributed by atoms with Crippen molar-refractivity contribution in [2.75, 3.05) is 11.9 Å². The van der Waals surface area contributed by atoms with Crippen LogP contribution in [0.3, 0.4) is 0 Å². The molecule has 1 N–H and O–H groups in total. The van der Waals surface area contributed by atoms with Gasteiger partial charge in [0.1, 0.15) is 11.5 Å². The standard InChI is InChI=1S/C19H17N3O3/c23-19(17-13-18-22(21-17)11-4-12-24-18)20-14-7-9-16(10-8-14)25-15-5-2-1-3-6-15/h1-3,5-10,13H,4,11-12H2,(H,20,23). The van der Waals surface area contributed by atoms with Crippen LogP contribution < -0.4 is 14.8 Å². The summed E-state index contributed by atoms with van der Waals surface area (Å²) in [7, 11) is 0. The van der Waals surface area contributed by atoms with E-state index in [1.807, 2.05) is 42.5 Å². The zero-order valence-corrected chi connectivity index (χ0v) is 13.5. The third kappa shape index (κ3) is 3.47. The van der Waals surface area contributed by atoms with Gasteiger partial charge in [-0.25, -0.2) is 4.68 Å². The van der Waals surface area contributed by atoms with Gasteiger partial charge in [-0.1, -0.05) is 18.2 Å². The molecule has 126 valence electrons. The van der Waals surface area contributed by atoms with Crippen molar-refractivity contribution in [2.45, 2.75) is 13.0 Å². The zero-order valence-electron chi connectivity index (χ0n) is 13.5. The Morgan fingerprint density at radius 3 is 2.60 bits per heavy atom. The van der Waals surface area contributed by atoms with E-state index in [-0.39, 0.29) is 5.91 Å². The molecule has 1 amide bonds. The molecule has 6 heteroatoms. The fourth-order valence-corrected chi connectivity index (χ4v) is 2.60. The highest BCUT2D eigenvalue weighted by atomic mass is 16.5. The molecule has 0 fully saturated rings. The van der Waals surface area contributed by atoms with Crippen molar-refractivity contribution in [1.82, 2.24) is 9.78 Å². The van der Waals surface area contributed by atoms with Gasteiger partial charge < -0.3 is 14.8 Å². The Balaban J connectivity index is 1.42. The van der Waals surface area contributed by atoms with E-state index in [9.17, 15) is 4.79 Å². The Morgan fingerprint density at radius 2 is 1.84 bits per heavy atom. The van der Waals surface area contributed by atoms with Crippen LogP contribution in [-0.4, -0.2) is 22.3 Å². The smallest absolute Gasteiger partial charge is 0.276 e. The number of aryl methyl sites for hydroxylation is 1. The molecule has 3 aromatic rings. The second-order valence-corrected chi connectivity index (χ2v) is 5.69. The molecule has 0 atom stereocenters. The number of nitrogens with zero attached hydrogens (tertiary/aromatic N) is 2. The molecule has 0 spiro atoms. The Morgan fingerprint density at radius 1 is 1.08 bits per heavy atom. The van der Waals surface area contributed by atoms with E-state index in [4.69, 9.17) is 9.47 Å². The van der Waals surface area contributed by atoms with Crippen molar-refractivity contribution in [3.8, 4) is 17.4 Å². The molecule has 1 aromatic heterocycles. The number of fused-ring (bicyclic) bond motifs is 1. The van der Waals surface area contributed by atoms with Crippen LogP contribution in [0.5, 0.6) is 17.4 Å². The van der Waals surface area contributed by atoms with Crippen LogP contribution in [0.15, 0.2) is 60.7 Å². The summed E-state index contributed by atoms with van der Waals surface area (Å²) in [6.07, 6.45) is 0.901. The minimum atomic E-state index is -0.262. The van der Waals surface area contributed by atoms with Gasteiger partial charge in [-0.15, -0.1) is 0 Å². The molecular weight excluding hydrogens is 318 g/mol. The molecule has 1 aliphatic heterocycles. The summed E-state index contributed by atoms with van der Waals surface area (Å²) >= 11 is 0. The fraction of sp³-hybridized carbons (Fsp3) is 0.158. The highest BCUT2D eigenvalue weighted by molar-refractivity contribution is 6.03. The number of para-hydroxylation sites is 1. The lowest BCUT2D eigenvalue weighted by molar-refractivity contribution is 0.102. The van der Waals surface area contributed by atoms with Crippen LogP contribution in [0.25, 0.3) is 0 Å². The van der Waals surface area contributed by atoms with E-state index in [1.165, 1.54) is 0 Å². The monoisotopic (exact) mass is 335 g/mol. The SMILES string of the molecule is O=C(Nc1ccc(Oc2ccccc2)cc1)c1cc2n(n1)CCCO2. The number of aromatic nitrogens is 2. The summed E-state index contributed by atoms with van der Waals surface area (Å²) in [6, 6.07) is 18.4.